The molecule has 2 N–H and O–H groups in total. The van der Waals surface area contributed by atoms with Gasteiger partial charge in [-0.05, 0) is 31.1 Å². The molecule has 3 aliphatic rings. The zero-order valence-electron chi connectivity index (χ0n) is 11.5. The first-order valence-electron chi connectivity index (χ1n) is 7.80. The molecule has 0 radical (unpaired) electrons. The predicted molar refractivity (Wildman–Crippen MR) is 71.4 cm³/mol. The van der Waals surface area contributed by atoms with Gasteiger partial charge in [0.25, 0.3) is 0 Å². The fraction of sp³-hybridized carbons (Fsp3) is 0.933. The molecular formula is C15H25NO3. The monoisotopic (exact) mass is 267 g/mol. The molecule has 5 unspecified atom stereocenters. The molecule has 2 saturated carbocycles. The minimum Gasteiger partial charge on any atom is -0.388 e. The highest BCUT2D eigenvalue weighted by Crippen LogP contribution is 2.43. The van der Waals surface area contributed by atoms with Gasteiger partial charge in [-0.3, -0.25) is 4.79 Å². The number of fused-ring (bicyclic) bond motifs is 1. The van der Waals surface area contributed by atoms with Crippen molar-refractivity contribution in [2.45, 2.75) is 57.2 Å². The third-order valence-electron chi connectivity index (χ3n) is 5.46. The van der Waals surface area contributed by atoms with Gasteiger partial charge in [-0.25, -0.2) is 0 Å². The number of nitrogens with zero attached hydrogens (tertiary/aromatic N) is 1. The zero-order chi connectivity index (χ0) is 13.4. The van der Waals surface area contributed by atoms with Gasteiger partial charge in [0, 0.05) is 19.0 Å². The summed E-state index contributed by atoms with van der Waals surface area (Å²) < 4.78 is 0. The summed E-state index contributed by atoms with van der Waals surface area (Å²) >= 11 is 0. The number of β-amino-alcohol motifs (C(OH)–C–C–N with tert-alkyl or cyclic N) is 2. The largest absolute Gasteiger partial charge is 0.388 e. The number of carbonyl (C=O) groups is 1. The summed E-state index contributed by atoms with van der Waals surface area (Å²) in [6, 6.07) is 0. The van der Waals surface area contributed by atoms with E-state index in [0.29, 0.717) is 13.1 Å². The number of hydrogen-bond acceptors (Lipinski definition) is 3. The van der Waals surface area contributed by atoms with Crippen molar-refractivity contribution in [1.29, 1.82) is 0 Å². The van der Waals surface area contributed by atoms with E-state index in [9.17, 15) is 15.0 Å². The summed E-state index contributed by atoms with van der Waals surface area (Å²) in [4.78, 5) is 14.1. The second-order valence-electron chi connectivity index (χ2n) is 6.69. The van der Waals surface area contributed by atoms with Gasteiger partial charge >= 0.3 is 0 Å². The average Bonchev–Trinajstić information content (AvgIpc) is 2.77. The second kappa shape index (κ2) is 5.41. The molecule has 1 saturated heterocycles. The summed E-state index contributed by atoms with van der Waals surface area (Å²) in [6.07, 6.45) is 7.05. The van der Waals surface area contributed by atoms with Crippen molar-refractivity contribution in [3.05, 3.63) is 0 Å². The van der Waals surface area contributed by atoms with Crippen LogP contribution in [0.2, 0.25) is 0 Å². The molecule has 3 rings (SSSR count). The summed E-state index contributed by atoms with van der Waals surface area (Å²) in [6.45, 7) is 0.620. The molecule has 108 valence electrons. The van der Waals surface area contributed by atoms with E-state index in [0.717, 1.165) is 24.7 Å². The smallest absolute Gasteiger partial charge is 0.225 e. The lowest BCUT2D eigenvalue weighted by Gasteiger charge is -2.39. The van der Waals surface area contributed by atoms with E-state index in [1.54, 1.807) is 4.90 Å². The fourth-order valence-corrected chi connectivity index (χ4v) is 4.31. The van der Waals surface area contributed by atoms with Crippen LogP contribution >= 0.6 is 0 Å². The third kappa shape index (κ3) is 2.65. The first-order valence-corrected chi connectivity index (χ1v) is 7.80. The van der Waals surface area contributed by atoms with Gasteiger partial charge in [-0.2, -0.15) is 0 Å². The minimum absolute atomic E-state index is 0.136. The number of rotatable bonds is 1. The van der Waals surface area contributed by atoms with E-state index < -0.39 is 12.2 Å². The molecule has 0 aromatic carbocycles. The molecule has 4 nitrogen and oxygen atoms in total. The van der Waals surface area contributed by atoms with Gasteiger partial charge in [0.1, 0.15) is 0 Å². The van der Waals surface area contributed by atoms with Crippen LogP contribution in [-0.2, 0) is 4.79 Å². The van der Waals surface area contributed by atoms with Gasteiger partial charge in [-0.15, -0.1) is 0 Å². The number of aliphatic hydroxyl groups is 2. The third-order valence-corrected chi connectivity index (χ3v) is 5.46. The molecule has 1 heterocycles. The Hall–Kier alpha value is -0.610. The summed E-state index contributed by atoms with van der Waals surface area (Å²) in [5.74, 6) is 1.90. The van der Waals surface area contributed by atoms with Gasteiger partial charge in [0.2, 0.25) is 5.91 Å². The number of hydrogen-bond donors (Lipinski definition) is 2. The fourth-order valence-electron chi connectivity index (χ4n) is 4.31. The van der Waals surface area contributed by atoms with Crippen LogP contribution in [0.1, 0.15) is 44.9 Å². The maximum Gasteiger partial charge on any atom is 0.225 e. The van der Waals surface area contributed by atoms with Crippen LogP contribution in [0, 0.1) is 17.8 Å². The van der Waals surface area contributed by atoms with Crippen LogP contribution in [0.4, 0.5) is 0 Å². The Labute approximate surface area is 114 Å². The van der Waals surface area contributed by atoms with E-state index in [-0.39, 0.29) is 11.8 Å². The summed E-state index contributed by atoms with van der Waals surface area (Å²) in [5.41, 5.74) is 0. The Bertz CT molecular complexity index is 336. The lowest BCUT2D eigenvalue weighted by Crippen LogP contribution is -2.39. The Morgan fingerprint density at radius 2 is 1.53 bits per heavy atom. The molecule has 3 fully saturated rings. The molecule has 1 amide bonds. The first kappa shape index (κ1) is 13.4. The number of carbonyl (C=O) groups excluding carboxylic acids is 1. The topological polar surface area (TPSA) is 60.8 Å². The number of aliphatic hydroxyl groups excluding tert-OH is 2. The van der Waals surface area contributed by atoms with Crippen LogP contribution in [0.25, 0.3) is 0 Å². The van der Waals surface area contributed by atoms with Crippen molar-refractivity contribution in [3.8, 4) is 0 Å². The molecule has 0 aromatic rings. The molecule has 1 aliphatic heterocycles. The lowest BCUT2D eigenvalue weighted by atomic mass is 9.67. The molecular weight excluding hydrogens is 242 g/mol. The molecule has 2 aliphatic carbocycles. The molecule has 19 heavy (non-hydrogen) atoms. The number of likely N-dealkylation sites (tertiary alicyclic amines) is 1. The van der Waals surface area contributed by atoms with Crippen molar-refractivity contribution in [1.82, 2.24) is 4.90 Å². The molecule has 0 aromatic heterocycles. The highest BCUT2D eigenvalue weighted by atomic mass is 16.3. The summed E-state index contributed by atoms with van der Waals surface area (Å²) in [5, 5.41) is 19.1. The average molecular weight is 267 g/mol. The van der Waals surface area contributed by atoms with Crippen LogP contribution in [0.5, 0.6) is 0 Å². The van der Waals surface area contributed by atoms with Crippen molar-refractivity contribution in [2.75, 3.05) is 13.1 Å². The maximum absolute atomic E-state index is 12.5. The van der Waals surface area contributed by atoms with Crippen LogP contribution in [0.15, 0.2) is 0 Å². The lowest BCUT2D eigenvalue weighted by molar-refractivity contribution is -0.137. The van der Waals surface area contributed by atoms with Crippen molar-refractivity contribution in [3.63, 3.8) is 0 Å². The van der Waals surface area contributed by atoms with Gasteiger partial charge in [0.05, 0.1) is 12.2 Å². The van der Waals surface area contributed by atoms with E-state index in [2.05, 4.69) is 0 Å². The van der Waals surface area contributed by atoms with E-state index in [4.69, 9.17) is 0 Å². The van der Waals surface area contributed by atoms with E-state index >= 15 is 0 Å². The maximum atomic E-state index is 12.5. The Balaban J connectivity index is 1.59. The van der Waals surface area contributed by atoms with E-state index in [1.807, 2.05) is 0 Å². The molecule has 4 heteroatoms. The zero-order valence-corrected chi connectivity index (χ0v) is 11.5. The first-order chi connectivity index (χ1) is 9.15. The van der Waals surface area contributed by atoms with Crippen molar-refractivity contribution in [2.24, 2.45) is 17.8 Å². The molecule has 0 bridgehead atoms. The Morgan fingerprint density at radius 3 is 2.21 bits per heavy atom. The molecule has 5 atom stereocenters. The molecule has 0 spiro atoms. The quantitative estimate of drug-likeness (QED) is 0.749. The normalized spacial score (nSPS) is 43.1. The van der Waals surface area contributed by atoms with Gasteiger partial charge in [0.15, 0.2) is 0 Å². The van der Waals surface area contributed by atoms with Crippen molar-refractivity contribution >= 4 is 5.91 Å². The highest BCUT2D eigenvalue weighted by molar-refractivity contribution is 5.79. The van der Waals surface area contributed by atoms with Crippen molar-refractivity contribution < 1.29 is 15.0 Å². The van der Waals surface area contributed by atoms with Crippen LogP contribution in [-0.4, -0.2) is 46.3 Å². The van der Waals surface area contributed by atoms with Crippen LogP contribution < -0.4 is 0 Å². The summed E-state index contributed by atoms with van der Waals surface area (Å²) in [7, 11) is 0. The Morgan fingerprint density at radius 1 is 0.895 bits per heavy atom. The van der Waals surface area contributed by atoms with Gasteiger partial charge in [-0.1, -0.05) is 25.7 Å². The SMILES string of the molecule is O=C(C1CCC2CCCCC2C1)N1CC(O)C(O)C1. The predicted octanol–water partition coefficient (Wildman–Crippen LogP) is 1.16. The second-order valence-corrected chi connectivity index (χ2v) is 6.69. The minimum atomic E-state index is -0.755. The highest BCUT2D eigenvalue weighted by Gasteiger charge is 2.39. The standard InChI is InChI=1S/C15H25NO3/c17-13-8-16(9-14(13)18)15(19)12-6-5-10-3-1-2-4-11(10)7-12/h10-14,17-18H,1-9H2. The van der Waals surface area contributed by atoms with Gasteiger partial charge < -0.3 is 15.1 Å². The number of amides is 1. The van der Waals surface area contributed by atoms with Crippen LogP contribution in [0.3, 0.4) is 0 Å². The van der Waals surface area contributed by atoms with E-state index in [1.165, 1.54) is 32.1 Å². The Kier molecular flexibility index (Phi) is 3.81.